The lowest BCUT2D eigenvalue weighted by atomic mass is 10.0. The van der Waals surface area contributed by atoms with Crippen molar-refractivity contribution in [2.45, 2.75) is 27.7 Å². The highest BCUT2D eigenvalue weighted by molar-refractivity contribution is 7.27. The summed E-state index contributed by atoms with van der Waals surface area (Å²) in [5.74, 6) is 0. The van der Waals surface area contributed by atoms with Gasteiger partial charge in [-0.3, -0.25) is 0 Å². The van der Waals surface area contributed by atoms with Gasteiger partial charge in [0.05, 0.1) is 0 Å². The Bertz CT molecular complexity index is 318. The molecule has 0 fully saturated rings. The molecule has 0 radical (unpaired) electrons. The topological polar surface area (TPSA) is 0 Å². The van der Waals surface area contributed by atoms with Crippen LogP contribution in [0.25, 0.3) is 0 Å². The van der Waals surface area contributed by atoms with Crippen molar-refractivity contribution in [1.82, 2.24) is 0 Å². The van der Waals surface area contributed by atoms with Crippen molar-refractivity contribution in [2.24, 2.45) is 0 Å². The molecule has 0 unspecified atom stereocenters. The van der Waals surface area contributed by atoms with Gasteiger partial charge < -0.3 is 0 Å². The van der Waals surface area contributed by atoms with Crippen LogP contribution in [0, 0.1) is 27.7 Å². The summed E-state index contributed by atoms with van der Waals surface area (Å²) in [5, 5.41) is 1.80. The predicted molar refractivity (Wildman–Crippen MR) is 72.1 cm³/mol. The van der Waals surface area contributed by atoms with Crippen LogP contribution in [0.2, 0.25) is 0 Å². The highest BCUT2D eigenvalue weighted by atomic mass is 29.5. The molecular weight excluding hydrogens is 204 g/mol. The molecular formula is C10H20Si3. The van der Waals surface area contributed by atoms with Crippen LogP contribution in [0.15, 0.2) is 6.07 Å². The van der Waals surface area contributed by atoms with E-state index in [2.05, 4.69) is 33.8 Å². The summed E-state index contributed by atoms with van der Waals surface area (Å²) in [6.45, 7) is 9.13. The van der Waals surface area contributed by atoms with E-state index < -0.39 is 0 Å². The van der Waals surface area contributed by atoms with Gasteiger partial charge in [0.15, 0.2) is 0 Å². The maximum Gasteiger partial charge on any atom is 0.0396 e. The molecule has 0 aromatic heterocycles. The zero-order valence-electron chi connectivity index (χ0n) is 9.49. The predicted octanol–water partition coefficient (Wildman–Crippen LogP) is -0.921. The lowest BCUT2D eigenvalue weighted by Gasteiger charge is -2.13. The average molecular weight is 225 g/mol. The maximum atomic E-state index is 2.39. The first-order valence-electron chi connectivity index (χ1n) is 5.14. The van der Waals surface area contributed by atoms with Crippen molar-refractivity contribution >= 4 is 32.5 Å². The second-order valence-corrected chi connectivity index (χ2v) is 19.7. The van der Waals surface area contributed by atoms with E-state index in [-0.39, 0.29) is 9.04 Å². The summed E-state index contributed by atoms with van der Waals surface area (Å²) >= 11 is 0. The van der Waals surface area contributed by atoms with E-state index in [0.717, 1.165) is 0 Å². The third-order valence-electron chi connectivity index (χ3n) is 3.02. The fraction of sp³-hybridized carbons (Fsp3) is 0.400. The molecule has 72 valence electrons. The van der Waals surface area contributed by atoms with Gasteiger partial charge in [0, 0.05) is 9.04 Å². The van der Waals surface area contributed by atoms with Gasteiger partial charge in [0.2, 0.25) is 0 Å². The van der Waals surface area contributed by atoms with Crippen molar-refractivity contribution in [3.63, 3.8) is 0 Å². The van der Waals surface area contributed by atoms with Crippen LogP contribution >= 0.6 is 0 Å². The van der Waals surface area contributed by atoms with Crippen LogP contribution < -0.4 is 5.19 Å². The molecule has 3 heteroatoms. The minimum absolute atomic E-state index is 0.204. The van der Waals surface area contributed by atoms with Crippen molar-refractivity contribution in [2.75, 3.05) is 0 Å². The molecule has 0 heterocycles. The van der Waals surface area contributed by atoms with E-state index in [1.165, 1.54) is 20.9 Å². The molecule has 0 atom stereocenters. The monoisotopic (exact) mass is 224 g/mol. The van der Waals surface area contributed by atoms with Crippen molar-refractivity contribution in [3.05, 3.63) is 28.3 Å². The molecule has 0 saturated carbocycles. The molecule has 13 heavy (non-hydrogen) atoms. The minimum atomic E-state index is 0.204. The van der Waals surface area contributed by atoms with Crippen molar-refractivity contribution in [1.29, 1.82) is 0 Å². The highest BCUT2D eigenvalue weighted by Gasteiger charge is 2.06. The van der Waals surface area contributed by atoms with Gasteiger partial charge >= 0.3 is 0 Å². The second kappa shape index (κ2) is 4.39. The van der Waals surface area contributed by atoms with Gasteiger partial charge in [-0.05, 0) is 62.7 Å². The van der Waals surface area contributed by atoms with Gasteiger partial charge in [0.1, 0.15) is 0 Å². The number of aryl methyl sites for hydroxylation is 2. The van der Waals surface area contributed by atoms with Gasteiger partial charge in [-0.25, -0.2) is 0 Å². The molecule has 0 saturated heterocycles. The fourth-order valence-corrected chi connectivity index (χ4v) is 11.9. The van der Waals surface area contributed by atoms with E-state index in [1.807, 2.05) is 0 Å². The van der Waals surface area contributed by atoms with Crippen LogP contribution in [0.3, 0.4) is 0 Å². The quantitative estimate of drug-likeness (QED) is 0.570. The SMILES string of the molecule is Cc1cc(C)c([SiH2][SiH2][SiH3])c(C)c1C. The molecule has 1 rings (SSSR count). The first-order valence-corrected chi connectivity index (χ1v) is 15.5. The Kier molecular flexibility index (Phi) is 3.70. The smallest absolute Gasteiger partial charge is 0.0396 e. The number of hydrogen-bond donors (Lipinski definition) is 0. The summed E-state index contributed by atoms with van der Waals surface area (Å²) in [5.41, 5.74) is 6.21. The first-order chi connectivity index (χ1) is 6.07. The Balaban J connectivity index is 3.26. The molecule has 0 amide bonds. The summed E-state index contributed by atoms with van der Waals surface area (Å²) in [6.07, 6.45) is 0. The highest BCUT2D eigenvalue weighted by Crippen LogP contribution is 2.12. The lowest BCUT2D eigenvalue weighted by Crippen LogP contribution is -2.27. The van der Waals surface area contributed by atoms with E-state index in [1.54, 1.807) is 16.3 Å². The molecule has 0 bridgehead atoms. The molecule has 0 spiro atoms. The van der Waals surface area contributed by atoms with Crippen LogP contribution in [0.4, 0.5) is 0 Å². The molecule has 0 nitrogen and oxygen atoms in total. The lowest BCUT2D eigenvalue weighted by molar-refractivity contribution is 1.26. The minimum Gasteiger partial charge on any atom is -0.0644 e. The van der Waals surface area contributed by atoms with Crippen molar-refractivity contribution in [3.8, 4) is 0 Å². The third-order valence-corrected chi connectivity index (χ3v) is 12.6. The molecule has 0 aliphatic heterocycles. The second-order valence-electron chi connectivity index (χ2n) is 3.99. The average Bonchev–Trinajstić information content (AvgIpc) is 2.09. The first kappa shape index (κ1) is 10.9. The number of hydrogen-bond acceptors (Lipinski definition) is 0. The Hall–Kier alpha value is -0.129. The van der Waals surface area contributed by atoms with Gasteiger partial charge in [-0.2, -0.15) is 0 Å². The number of benzene rings is 1. The van der Waals surface area contributed by atoms with E-state index in [4.69, 9.17) is 0 Å². The van der Waals surface area contributed by atoms with Gasteiger partial charge in [-0.15, -0.1) is 0 Å². The van der Waals surface area contributed by atoms with E-state index in [9.17, 15) is 0 Å². The zero-order valence-corrected chi connectivity index (χ0v) is 14.3. The van der Waals surface area contributed by atoms with Crippen LogP contribution in [-0.2, 0) is 0 Å². The summed E-state index contributed by atoms with van der Waals surface area (Å²) in [7, 11) is 2.14. The number of rotatable bonds is 2. The zero-order chi connectivity index (χ0) is 10.0. The molecule has 0 aliphatic rings. The summed E-state index contributed by atoms with van der Waals surface area (Å²) < 4.78 is 0. The van der Waals surface area contributed by atoms with Crippen LogP contribution in [0.5, 0.6) is 0 Å². The molecule has 0 aliphatic carbocycles. The van der Waals surface area contributed by atoms with E-state index in [0.29, 0.717) is 8.55 Å². The summed E-state index contributed by atoms with van der Waals surface area (Å²) in [6, 6.07) is 2.39. The standard InChI is InChI=1S/C10H20Si3/c1-6-5-7(2)10(12-13-11)9(4)8(6)3/h5H,12-13H2,1-4,11H3. The normalized spacial score (nSPS) is 12.6. The molecule has 1 aromatic carbocycles. The third kappa shape index (κ3) is 2.21. The van der Waals surface area contributed by atoms with Crippen molar-refractivity contribution < 1.29 is 0 Å². The fourth-order valence-electron chi connectivity index (χ4n) is 1.97. The van der Waals surface area contributed by atoms with E-state index >= 15 is 0 Å². The van der Waals surface area contributed by atoms with Crippen LogP contribution in [-0.4, -0.2) is 27.4 Å². The molecule has 1 aromatic rings. The van der Waals surface area contributed by atoms with Gasteiger partial charge in [-0.1, -0.05) is 16.8 Å². The van der Waals surface area contributed by atoms with Gasteiger partial charge in [0.25, 0.3) is 0 Å². The summed E-state index contributed by atoms with van der Waals surface area (Å²) in [4.78, 5) is 0. The Labute approximate surface area is 88.8 Å². The van der Waals surface area contributed by atoms with Crippen LogP contribution in [0.1, 0.15) is 22.3 Å². The Morgan fingerprint density at radius 2 is 1.62 bits per heavy atom. The largest absolute Gasteiger partial charge is 0.0644 e. The maximum absolute atomic E-state index is 2.39. The Morgan fingerprint density at radius 1 is 1.00 bits per heavy atom. The Morgan fingerprint density at radius 3 is 2.15 bits per heavy atom. The molecule has 0 N–H and O–H groups in total.